The number of piperidine rings is 1. The third kappa shape index (κ3) is 6.44. The molecular weight excluding hydrogens is 439 g/mol. The predicted molar refractivity (Wildman–Crippen MR) is 115 cm³/mol. The van der Waals surface area contributed by atoms with E-state index in [0.717, 1.165) is 56.9 Å². The molecule has 1 aromatic carbocycles. The number of anilines is 1. The summed E-state index contributed by atoms with van der Waals surface area (Å²) < 4.78 is 37.8. The van der Waals surface area contributed by atoms with Gasteiger partial charge in [0.1, 0.15) is 5.82 Å². The largest absolute Gasteiger partial charge is 0.490 e. The van der Waals surface area contributed by atoms with E-state index in [-0.39, 0.29) is 17.4 Å². The van der Waals surface area contributed by atoms with Gasteiger partial charge in [0.15, 0.2) is 0 Å². The summed E-state index contributed by atoms with van der Waals surface area (Å²) in [5.74, 6) is -1.73. The first-order chi connectivity index (χ1) is 15.7. The summed E-state index contributed by atoms with van der Waals surface area (Å²) in [5.41, 5.74) is 0.816. The molecule has 1 aromatic heterocycles. The number of pyridine rings is 1. The second kappa shape index (κ2) is 10.7. The van der Waals surface area contributed by atoms with Crippen molar-refractivity contribution in [2.24, 2.45) is 5.41 Å². The Balaban J connectivity index is 0.000000383. The van der Waals surface area contributed by atoms with Gasteiger partial charge in [0, 0.05) is 43.4 Å². The number of hydrogen-bond acceptors (Lipinski definition) is 5. The Bertz CT molecular complexity index is 928. The number of halogens is 3. The van der Waals surface area contributed by atoms with Crippen LogP contribution >= 0.6 is 0 Å². The quantitative estimate of drug-likeness (QED) is 0.697. The number of rotatable bonds is 5. The van der Waals surface area contributed by atoms with E-state index >= 15 is 0 Å². The Morgan fingerprint density at radius 1 is 1.18 bits per heavy atom. The van der Waals surface area contributed by atoms with E-state index in [2.05, 4.69) is 10.3 Å². The third-order valence-corrected chi connectivity index (χ3v) is 5.91. The number of ether oxygens (including phenoxy) is 1. The van der Waals surface area contributed by atoms with Gasteiger partial charge in [-0.2, -0.15) is 13.2 Å². The van der Waals surface area contributed by atoms with Crippen LogP contribution in [-0.2, 0) is 9.53 Å². The molecule has 7 nitrogen and oxygen atoms in total. The highest BCUT2D eigenvalue weighted by Crippen LogP contribution is 2.43. The second-order valence-corrected chi connectivity index (χ2v) is 8.05. The number of benzene rings is 1. The molecule has 1 amide bonds. The average molecular weight is 465 g/mol. The van der Waals surface area contributed by atoms with Crippen molar-refractivity contribution in [2.75, 3.05) is 31.6 Å². The van der Waals surface area contributed by atoms with Crippen LogP contribution in [0.3, 0.4) is 0 Å². The van der Waals surface area contributed by atoms with Crippen molar-refractivity contribution in [2.45, 2.75) is 31.5 Å². The average Bonchev–Trinajstić information content (AvgIpc) is 3.23. The van der Waals surface area contributed by atoms with Crippen LogP contribution in [0.25, 0.3) is 0 Å². The first kappa shape index (κ1) is 24.5. The predicted octanol–water partition coefficient (Wildman–Crippen LogP) is 3.84. The molecule has 3 heterocycles. The topological polar surface area (TPSA) is 91.8 Å². The van der Waals surface area contributed by atoms with Crippen LogP contribution in [0, 0.1) is 5.41 Å². The molecule has 4 rings (SSSR count). The zero-order chi connectivity index (χ0) is 23.9. The summed E-state index contributed by atoms with van der Waals surface area (Å²) in [6.07, 6.45) is -0.120. The van der Waals surface area contributed by atoms with Gasteiger partial charge >= 0.3 is 12.1 Å². The molecule has 0 radical (unpaired) electrons. The van der Waals surface area contributed by atoms with Crippen molar-refractivity contribution in [3.8, 4) is 0 Å². The van der Waals surface area contributed by atoms with Gasteiger partial charge in [-0.3, -0.25) is 4.79 Å². The maximum absolute atomic E-state index is 12.9. The molecule has 2 N–H and O–H groups in total. The normalized spacial score (nSPS) is 22.0. The summed E-state index contributed by atoms with van der Waals surface area (Å²) in [6.45, 7) is 3.18. The van der Waals surface area contributed by atoms with Crippen LogP contribution in [0.2, 0.25) is 0 Å². The molecule has 2 aromatic rings. The van der Waals surface area contributed by atoms with Crippen molar-refractivity contribution in [1.29, 1.82) is 0 Å². The zero-order valence-electron chi connectivity index (χ0n) is 17.9. The van der Waals surface area contributed by atoms with Gasteiger partial charge in [0.05, 0.1) is 6.10 Å². The van der Waals surface area contributed by atoms with Crippen molar-refractivity contribution in [3.63, 3.8) is 0 Å². The van der Waals surface area contributed by atoms with Crippen LogP contribution in [0.4, 0.5) is 19.0 Å². The van der Waals surface area contributed by atoms with E-state index in [0.29, 0.717) is 0 Å². The number of aromatic nitrogens is 1. The smallest absolute Gasteiger partial charge is 0.475 e. The maximum atomic E-state index is 12.9. The Labute approximate surface area is 189 Å². The molecule has 10 heteroatoms. The lowest BCUT2D eigenvalue weighted by Crippen LogP contribution is -2.52. The minimum absolute atomic E-state index is 0.0461. The fourth-order valence-electron chi connectivity index (χ4n) is 4.25. The lowest BCUT2D eigenvalue weighted by molar-refractivity contribution is -0.192. The van der Waals surface area contributed by atoms with E-state index in [9.17, 15) is 18.0 Å². The number of alkyl halides is 3. The van der Waals surface area contributed by atoms with E-state index in [1.807, 2.05) is 53.4 Å². The van der Waals surface area contributed by atoms with Crippen LogP contribution in [0.5, 0.6) is 0 Å². The number of carboxylic acids is 1. The molecule has 2 atom stereocenters. The van der Waals surface area contributed by atoms with E-state index in [1.165, 1.54) is 0 Å². The van der Waals surface area contributed by atoms with Gasteiger partial charge in [-0.1, -0.05) is 24.3 Å². The molecule has 0 aliphatic carbocycles. The first-order valence-electron chi connectivity index (χ1n) is 10.6. The van der Waals surface area contributed by atoms with Gasteiger partial charge in [0.2, 0.25) is 0 Å². The Kier molecular flexibility index (Phi) is 7.91. The van der Waals surface area contributed by atoms with E-state index in [1.54, 1.807) is 6.20 Å². The van der Waals surface area contributed by atoms with Gasteiger partial charge in [-0.05, 0) is 43.5 Å². The summed E-state index contributed by atoms with van der Waals surface area (Å²) in [7, 11) is 0. The fraction of sp³-hybridized carbons (Fsp3) is 0.435. The monoisotopic (exact) mass is 465 g/mol. The number of aliphatic carboxylic acids is 1. The third-order valence-electron chi connectivity index (χ3n) is 5.91. The number of carbonyl (C=O) groups is 2. The number of hydrogen-bond donors (Lipinski definition) is 2. The van der Waals surface area contributed by atoms with Gasteiger partial charge in [-0.15, -0.1) is 0 Å². The van der Waals surface area contributed by atoms with Crippen molar-refractivity contribution in [3.05, 3.63) is 60.3 Å². The number of nitrogens with one attached hydrogen (secondary N) is 1. The second-order valence-electron chi connectivity index (χ2n) is 8.05. The molecule has 33 heavy (non-hydrogen) atoms. The molecule has 0 spiro atoms. The molecule has 2 fully saturated rings. The van der Waals surface area contributed by atoms with Gasteiger partial charge < -0.3 is 20.1 Å². The van der Waals surface area contributed by atoms with E-state index < -0.39 is 12.1 Å². The minimum atomic E-state index is -5.08. The van der Waals surface area contributed by atoms with Crippen LogP contribution in [0.15, 0.2) is 54.7 Å². The highest BCUT2D eigenvalue weighted by Gasteiger charge is 2.48. The van der Waals surface area contributed by atoms with Crippen LogP contribution in [0.1, 0.15) is 29.6 Å². The molecule has 2 aliphatic rings. The van der Waals surface area contributed by atoms with Crippen LogP contribution < -0.4 is 5.32 Å². The molecule has 2 saturated heterocycles. The lowest BCUT2D eigenvalue weighted by Gasteiger charge is -2.44. The fourth-order valence-corrected chi connectivity index (χ4v) is 4.25. The standard InChI is InChI=1S/C21H25N3O2.C2HF3O2/c25-20(17-6-2-1-3-7-17)24-14-9-18-21(16-24,11-15-26-18)10-13-23-19-8-4-5-12-22-19;3-2(4,5)1(6)7/h1-8,12,18H,9-11,13-16H2,(H,22,23);(H,6,7)/t18-,21+;/m1./s1. The van der Waals surface area contributed by atoms with Crippen molar-refractivity contribution >= 4 is 17.7 Å². The molecule has 0 unspecified atom stereocenters. The number of nitrogens with zero attached hydrogens (tertiary/aromatic N) is 2. The number of amides is 1. The highest BCUT2D eigenvalue weighted by molar-refractivity contribution is 5.94. The number of fused-ring (bicyclic) bond motifs is 1. The van der Waals surface area contributed by atoms with Crippen molar-refractivity contribution < 1.29 is 32.6 Å². The molecular formula is C23H26F3N3O4. The molecule has 178 valence electrons. The highest BCUT2D eigenvalue weighted by atomic mass is 19.4. The van der Waals surface area contributed by atoms with Crippen molar-refractivity contribution in [1.82, 2.24) is 9.88 Å². The maximum Gasteiger partial charge on any atom is 0.490 e. The SMILES string of the molecule is O=C(O)C(F)(F)F.O=C(c1ccccc1)N1CC[C@H]2OCC[C@@]2(CCNc2ccccn2)C1. The number of carboxylic acid groups (broad SMARTS) is 1. The summed E-state index contributed by atoms with van der Waals surface area (Å²) in [6, 6.07) is 15.5. The van der Waals surface area contributed by atoms with Gasteiger partial charge in [0.25, 0.3) is 5.91 Å². The summed E-state index contributed by atoms with van der Waals surface area (Å²) in [5, 5.41) is 10.5. The van der Waals surface area contributed by atoms with Gasteiger partial charge in [-0.25, -0.2) is 9.78 Å². The zero-order valence-corrected chi connectivity index (χ0v) is 17.9. The number of carbonyl (C=O) groups excluding carboxylic acids is 1. The Morgan fingerprint density at radius 2 is 1.88 bits per heavy atom. The molecule has 0 saturated carbocycles. The van der Waals surface area contributed by atoms with E-state index in [4.69, 9.17) is 14.6 Å². The molecule has 2 aliphatic heterocycles. The Morgan fingerprint density at radius 3 is 2.52 bits per heavy atom. The Hall–Kier alpha value is -3.14. The lowest BCUT2D eigenvalue weighted by atomic mass is 9.74. The summed E-state index contributed by atoms with van der Waals surface area (Å²) >= 11 is 0. The number of likely N-dealkylation sites (tertiary alicyclic amines) is 1. The minimum Gasteiger partial charge on any atom is -0.475 e. The first-order valence-corrected chi connectivity index (χ1v) is 10.6. The molecule has 0 bridgehead atoms. The summed E-state index contributed by atoms with van der Waals surface area (Å²) in [4.78, 5) is 28.1. The van der Waals surface area contributed by atoms with Crippen LogP contribution in [-0.4, -0.2) is 65.4 Å².